The van der Waals surface area contributed by atoms with Gasteiger partial charge in [0.2, 0.25) is 0 Å². The number of hydrogen-bond acceptors (Lipinski definition) is 2. The summed E-state index contributed by atoms with van der Waals surface area (Å²) in [5.41, 5.74) is 6.78. The van der Waals surface area contributed by atoms with Gasteiger partial charge in [-0.1, -0.05) is 6.07 Å². The first-order chi connectivity index (χ1) is 8.88. The highest BCUT2D eigenvalue weighted by atomic mass is 19.4. The predicted octanol–water partition coefficient (Wildman–Crippen LogP) is 4.06. The second kappa shape index (κ2) is 4.84. The summed E-state index contributed by atoms with van der Waals surface area (Å²) >= 11 is 0. The van der Waals surface area contributed by atoms with Gasteiger partial charge in [0.05, 0.1) is 5.56 Å². The van der Waals surface area contributed by atoms with E-state index in [-0.39, 0.29) is 0 Å². The summed E-state index contributed by atoms with van der Waals surface area (Å²) in [4.78, 5) is 1.68. The van der Waals surface area contributed by atoms with Gasteiger partial charge in [0.25, 0.3) is 0 Å². The molecule has 100 valence electrons. The van der Waals surface area contributed by atoms with Crippen molar-refractivity contribution in [2.24, 2.45) is 0 Å². The minimum absolute atomic E-state index is 0.472. The Kier molecular flexibility index (Phi) is 3.38. The molecule has 2 N–H and O–H groups in total. The van der Waals surface area contributed by atoms with E-state index in [1.165, 1.54) is 6.07 Å². The van der Waals surface area contributed by atoms with Gasteiger partial charge in [-0.25, -0.2) is 0 Å². The van der Waals surface area contributed by atoms with E-state index in [4.69, 9.17) is 5.73 Å². The van der Waals surface area contributed by atoms with E-state index in [1.807, 2.05) is 0 Å². The zero-order valence-electron chi connectivity index (χ0n) is 10.3. The summed E-state index contributed by atoms with van der Waals surface area (Å²) in [6.07, 6.45) is -4.34. The molecule has 0 saturated carbocycles. The number of alkyl halides is 3. The zero-order valence-corrected chi connectivity index (χ0v) is 10.3. The summed E-state index contributed by atoms with van der Waals surface area (Å²) in [5.74, 6) is 0. The van der Waals surface area contributed by atoms with Gasteiger partial charge in [0, 0.05) is 24.1 Å². The fourth-order valence-electron chi connectivity index (χ4n) is 1.74. The molecule has 0 spiro atoms. The molecule has 0 saturated heterocycles. The van der Waals surface area contributed by atoms with Gasteiger partial charge in [0.15, 0.2) is 0 Å². The van der Waals surface area contributed by atoms with Crippen molar-refractivity contribution in [2.45, 2.75) is 6.18 Å². The molecule has 0 atom stereocenters. The van der Waals surface area contributed by atoms with Gasteiger partial charge >= 0.3 is 6.18 Å². The third-order valence-corrected chi connectivity index (χ3v) is 2.84. The van der Waals surface area contributed by atoms with E-state index in [2.05, 4.69) is 0 Å². The minimum atomic E-state index is -4.34. The third kappa shape index (κ3) is 2.99. The van der Waals surface area contributed by atoms with Gasteiger partial charge < -0.3 is 10.6 Å². The monoisotopic (exact) mass is 266 g/mol. The molecule has 2 aromatic rings. The summed E-state index contributed by atoms with van der Waals surface area (Å²) in [7, 11) is 1.71. The van der Waals surface area contributed by atoms with Crippen LogP contribution >= 0.6 is 0 Å². The van der Waals surface area contributed by atoms with Crippen LogP contribution in [0, 0.1) is 0 Å². The predicted molar refractivity (Wildman–Crippen MR) is 70.4 cm³/mol. The molecule has 2 nitrogen and oxygen atoms in total. The maximum atomic E-state index is 12.7. The molecule has 2 rings (SSSR count). The highest BCUT2D eigenvalue weighted by molar-refractivity contribution is 5.64. The molecule has 0 aromatic heterocycles. The molecule has 0 radical (unpaired) electrons. The summed E-state index contributed by atoms with van der Waals surface area (Å²) in [6.45, 7) is 0. The topological polar surface area (TPSA) is 29.3 Å². The number of nitrogens with zero attached hydrogens (tertiary/aromatic N) is 1. The molecule has 0 amide bonds. The lowest BCUT2D eigenvalue weighted by Crippen LogP contribution is -2.11. The largest absolute Gasteiger partial charge is 0.416 e. The van der Waals surface area contributed by atoms with Crippen LogP contribution in [-0.4, -0.2) is 7.05 Å². The molecule has 0 aliphatic carbocycles. The lowest BCUT2D eigenvalue weighted by Gasteiger charge is -2.20. The number of anilines is 3. The van der Waals surface area contributed by atoms with Crippen molar-refractivity contribution in [3.8, 4) is 0 Å². The Hall–Kier alpha value is -2.17. The fourth-order valence-corrected chi connectivity index (χ4v) is 1.74. The van der Waals surface area contributed by atoms with Gasteiger partial charge in [-0.2, -0.15) is 13.2 Å². The van der Waals surface area contributed by atoms with Crippen LogP contribution in [0.25, 0.3) is 0 Å². The second-order valence-corrected chi connectivity index (χ2v) is 4.20. The molecule has 0 fully saturated rings. The number of rotatable bonds is 2. The van der Waals surface area contributed by atoms with Crippen LogP contribution in [0.5, 0.6) is 0 Å². The Morgan fingerprint density at radius 2 is 1.58 bits per heavy atom. The number of halogens is 3. The SMILES string of the molecule is CN(c1ccc(N)cc1)c1cccc(C(F)(F)F)c1. The van der Waals surface area contributed by atoms with Crippen molar-refractivity contribution >= 4 is 17.1 Å². The first-order valence-electron chi connectivity index (χ1n) is 5.64. The van der Waals surface area contributed by atoms with E-state index in [0.29, 0.717) is 11.4 Å². The zero-order chi connectivity index (χ0) is 14.0. The van der Waals surface area contributed by atoms with Crippen LogP contribution < -0.4 is 10.6 Å². The number of hydrogen-bond donors (Lipinski definition) is 1. The standard InChI is InChI=1S/C14H13F3N2/c1-19(12-7-5-11(18)6-8-12)13-4-2-3-10(9-13)14(15,16)17/h2-9H,18H2,1H3. The molecule has 0 aliphatic rings. The Labute approximate surface area is 109 Å². The van der Waals surface area contributed by atoms with E-state index < -0.39 is 11.7 Å². The second-order valence-electron chi connectivity index (χ2n) is 4.20. The molecular weight excluding hydrogens is 253 g/mol. The Balaban J connectivity index is 2.34. The van der Waals surface area contributed by atoms with Gasteiger partial charge in [-0.3, -0.25) is 0 Å². The maximum absolute atomic E-state index is 12.7. The Morgan fingerprint density at radius 3 is 2.16 bits per heavy atom. The average molecular weight is 266 g/mol. The van der Waals surface area contributed by atoms with Crippen molar-refractivity contribution in [3.63, 3.8) is 0 Å². The summed E-state index contributed by atoms with van der Waals surface area (Å²) < 4.78 is 38.0. The van der Waals surface area contributed by atoms with Crippen molar-refractivity contribution in [1.82, 2.24) is 0 Å². The van der Waals surface area contributed by atoms with Crippen LogP contribution in [0.4, 0.5) is 30.2 Å². The molecule has 0 heterocycles. The van der Waals surface area contributed by atoms with Crippen LogP contribution in [0.1, 0.15) is 5.56 Å². The van der Waals surface area contributed by atoms with Crippen LogP contribution in [0.15, 0.2) is 48.5 Å². The minimum Gasteiger partial charge on any atom is -0.399 e. The number of nitrogens with two attached hydrogens (primary N) is 1. The number of nitrogen functional groups attached to an aromatic ring is 1. The van der Waals surface area contributed by atoms with Crippen LogP contribution in [0.2, 0.25) is 0 Å². The smallest absolute Gasteiger partial charge is 0.399 e. The maximum Gasteiger partial charge on any atom is 0.416 e. The van der Waals surface area contributed by atoms with Gasteiger partial charge in [-0.15, -0.1) is 0 Å². The first-order valence-corrected chi connectivity index (χ1v) is 5.64. The van der Waals surface area contributed by atoms with Gasteiger partial charge in [-0.05, 0) is 42.5 Å². The molecule has 0 bridgehead atoms. The van der Waals surface area contributed by atoms with Crippen molar-refractivity contribution in [3.05, 3.63) is 54.1 Å². The fraction of sp³-hybridized carbons (Fsp3) is 0.143. The van der Waals surface area contributed by atoms with E-state index in [0.717, 1.165) is 17.8 Å². The Morgan fingerprint density at radius 1 is 0.947 bits per heavy atom. The van der Waals surface area contributed by atoms with Crippen molar-refractivity contribution in [1.29, 1.82) is 0 Å². The van der Waals surface area contributed by atoms with E-state index >= 15 is 0 Å². The molecule has 5 heteroatoms. The lowest BCUT2D eigenvalue weighted by atomic mass is 10.1. The average Bonchev–Trinajstić information content (AvgIpc) is 2.38. The summed E-state index contributed by atoms with van der Waals surface area (Å²) in [5, 5.41) is 0. The lowest BCUT2D eigenvalue weighted by molar-refractivity contribution is -0.137. The van der Waals surface area contributed by atoms with Crippen molar-refractivity contribution in [2.75, 3.05) is 17.7 Å². The van der Waals surface area contributed by atoms with E-state index in [1.54, 1.807) is 42.3 Å². The Bertz CT molecular complexity index is 562. The van der Waals surface area contributed by atoms with Crippen molar-refractivity contribution < 1.29 is 13.2 Å². The highest BCUT2D eigenvalue weighted by Gasteiger charge is 2.30. The molecule has 0 unspecified atom stereocenters. The quantitative estimate of drug-likeness (QED) is 0.831. The summed E-state index contributed by atoms with van der Waals surface area (Å²) in [6, 6.07) is 12.1. The normalized spacial score (nSPS) is 11.4. The number of benzene rings is 2. The molecule has 2 aromatic carbocycles. The van der Waals surface area contributed by atoms with E-state index in [9.17, 15) is 13.2 Å². The molecule has 0 aliphatic heterocycles. The molecule has 19 heavy (non-hydrogen) atoms. The third-order valence-electron chi connectivity index (χ3n) is 2.84. The van der Waals surface area contributed by atoms with Gasteiger partial charge in [0.1, 0.15) is 0 Å². The van der Waals surface area contributed by atoms with Crippen LogP contribution in [-0.2, 0) is 6.18 Å². The first kappa shape index (κ1) is 13.3. The molecular formula is C14H13F3N2. The highest BCUT2D eigenvalue weighted by Crippen LogP contribution is 2.33. The van der Waals surface area contributed by atoms with Crippen LogP contribution in [0.3, 0.4) is 0 Å².